The smallest absolute Gasteiger partial charge is 0.0219 e. The molecular weight excluding hydrogens is 492 g/mol. The Labute approximate surface area is 259 Å². The number of aryl methyl sites for hydroxylation is 1. The van der Waals surface area contributed by atoms with Gasteiger partial charge < -0.3 is 0 Å². The molecule has 1 aromatic rings. The molecule has 1 fully saturated rings. The van der Waals surface area contributed by atoms with Crippen LogP contribution < -0.4 is 0 Å². The molecule has 236 valence electrons. The summed E-state index contributed by atoms with van der Waals surface area (Å²) in [7, 11) is 0. The van der Waals surface area contributed by atoms with Crippen molar-refractivity contribution in [2.24, 2.45) is 52.8 Å². The molecule has 0 spiro atoms. The second kappa shape index (κ2) is 16.7. The Morgan fingerprint density at radius 3 is 1.51 bits per heavy atom. The Hall–Kier alpha value is -1.04. The van der Waals surface area contributed by atoms with E-state index in [-0.39, 0.29) is 0 Å². The topological polar surface area (TPSA) is 0 Å². The molecule has 3 aliphatic carbocycles. The highest BCUT2D eigenvalue weighted by atomic mass is 14.3. The molecule has 0 aromatic heterocycles. The Morgan fingerprint density at radius 2 is 1.12 bits per heavy atom. The average molecular weight is 565 g/mol. The molecule has 0 nitrogen and oxygen atoms in total. The van der Waals surface area contributed by atoms with E-state index in [2.05, 4.69) is 114 Å². The van der Waals surface area contributed by atoms with Crippen LogP contribution in [0.15, 0.2) is 29.8 Å². The first-order valence-corrected chi connectivity index (χ1v) is 17.9. The van der Waals surface area contributed by atoms with Gasteiger partial charge in [-0.1, -0.05) is 120 Å². The summed E-state index contributed by atoms with van der Waals surface area (Å²) in [5.41, 5.74) is 6.84. The summed E-state index contributed by atoms with van der Waals surface area (Å²) in [5, 5.41) is 0. The standard InChI is InChI=1S/C17H26.C12H24.C12H22/c1-12(2)13-6-7-15-11-16(17(3,4)5)9-8-14(15)10-13;2*1-9(2)11-5-7-12(8-6-11)10(3)4/h6-7,10,12,16H,8-9,11H2,1-5H3;9-12H,5-8H2,1-4H3;5,9-10,12H,6-8H2,1-4H3. The Bertz CT molecular complexity index is 878. The summed E-state index contributed by atoms with van der Waals surface area (Å²) >= 11 is 0. The Morgan fingerprint density at radius 1 is 0.585 bits per heavy atom. The maximum atomic E-state index is 2.48. The van der Waals surface area contributed by atoms with Gasteiger partial charge in [-0.3, -0.25) is 0 Å². The van der Waals surface area contributed by atoms with Crippen molar-refractivity contribution in [3.05, 3.63) is 46.5 Å². The quantitative estimate of drug-likeness (QED) is 0.312. The molecule has 1 saturated carbocycles. The van der Waals surface area contributed by atoms with Gasteiger partial charge in [-0.05, 0) is 140 Å². The Kier molecular flexibility index (Phi) is 14.7. The molecule has 0 heteroatoms. The van der Waals surface area contributed by atoms with Crippen LogP contribution in [0.3, 0.4) is 0 Å². The van der Waals surface area contributed by atoms with E-state index in [9.17, 15) is 0 Å². The van der Waals surface area contributed by atoms with Crippen molar-refractivity contribution in [3.63, 3.8) is 0 Å². The average Bonchev–Trinajstić information content (AvgIpc) is 2.92. The highest BCUT2D eigenvalue weighted by Crippen LogP contribution is 2.38. The zero-order valence-electron chi connectivity index (χ0n) is 30.1. The minimum Gasteiger partial charge on any atom is -0.0848 e. The summed E-state index contributed by atoms with van der Waals surface area (Å²) in [6, 6.07) is 7.15. The van der Waals surface area contributed by atoms with Crippen LogP contribution in [0.2, 0.25) is 0 Å². The summed E-state index contributed by atoms with van der Waals surface area (Å²) in [5.74, 6) is 7.98. The maximum absolute atomic E-state index is 2.48. The molecule has 3 aliphatic rings. The van der Waals surface area contributed by atoms with E-state index in [0.29, 0.717) is 11.3 Å². The monoisotopic (exact) mass is 565 g/mol. The van der Waals surface area contributed by atoms with Gasteiger partial charge in [0.15, 0.2) is 0 Å². The van der Waals surface area contributed by atoms with Crippen molar-refractivity contribution >= 4 is 0 Å². The zero-order valence-corrected chi connectivity index (χ0v) is 30.1. The second-order valence-corrected chi connectivity index (χ2v) is 16.9. The maximum Gasteiger partial charge on any atom is -0.0219 e. The number of benzene rings is 1. The molecular formula is C41H72. The lowest BCUT2D eigenvalue weighted by atomic mass is 9.70. The lowest BCUT2D eigenvalue weighted by Gasteiger charge is -2.35. The van der Waals surface area contributed by atoms with Crippen LogP contribution in [0, 0.1) is 52.8 Å². The third-order valence-electron chi connectivity index (χ3n) is 11.2. The molecule has 2 atom stereocenters. The lowest BCUT2D eigenvalue weighted by molar-refractivity contribution is 0.189. The minimum atomic E-state index is 0.453. The number of rotatable bonds is 5. The second-order valence-electron chi connectivity index (χ2n) is 16.9. The highest BCUT2D eigenvalue weighted by Gasteiger charge is 2.29. The number of hydrogen-bond acceptors (Lipinski definition) is 0. The van der Waals surface area contributed by atoms with E-state index in [0.717, 1.165) is 47.3 Å². The lowest BCUT2D eigenvalue weighted by Crippen LogP contribution is -2.26. The Balaban J connectivity index is 0.000000221. The fourth-order valence-corrected chi connectivity index (χ4v) is 7.36. The molecule has 41 heavy (non-hydrogen) atoms. The first-order valence-electron chi connectivity index (χ1n) is 17.9. The largest absolute Gasteiger partial charge is 0.0848 e. The molecule has 0 radical (unpaired) electrons. The van der Waals surface area contributed by atoms with Crippen LogP contribution >= 0.6 is 0 Å². The van der Waals surface area contributed by atoms with Gasteiger partial charge in [0.25, 0.3) is 0 Å². The van der Waals surface area contributed by atoms with Crippen LogP contribution in [-0.4, -0.2) is 0 Å². The third kappa shape index (κ3) is 11.9. The van der Waals surface area contributed by atoms with Gasteiger partial charge >= 0.3 is 0 Å². The molecule has 4 rings (SSSR count). The predicted molar refractivity (Wildman–Crippen MR) is 186 cm³/mol. The molecule has 0 bridgehead atoms. The van der Waals surface area contributed by atoms with Crippen LogP contribution in [0.5, 0.6) is 0 Å². The minimum absolute atomic E-state index is 0.453. The van der Waals surface area contributed by atoms with Gasteiger partial charge in [0.1, 0.15) is 0 Å². The van der Waals surface area contributed by atoms with E-state index in [1.165, 1.54) is 69.8 Å². The van der Waals surface area contributed by atoms with Crippen molar-refractivity contribution in [2.45, 2.75) is 160 Å². The van der Waals surface area contributed by atoms with Crippen molar-refractivity contribution in [2.75, 3.05) is 0 Å². The van der Waals surface area contributed by atoms with Crippen molar-refractivity contribution in [1.82, 2.24) is 0 Å². The van der Waals surface area contributed by atoms with Crippen LogP contribution in [0.4, 0.5) is 0 Å². The zero-order chi connectivity index (χ0) is 30.9. The first-order chi connectivity index (χ1) is 19.1. The van der Waals surface area contributed by atoms with Crippen LogP contribution in [0.25, 0.3) is 0 Å². The third-order valence-corrected chi connectivity index (χ3v) is 11.2. The summed E-state index contributed by atoms with van der Waals surface area (Å²) in [6.45, 7) is 30.5. The molecule has 0 N–H and O–H groups in total. The van der Waals surface area contributed by atoms with Gasteiger partial charge in [0, 0.05) is 0 Å². The van der Waals surface area contributed by atoms with Crippen LogP contribution in [0.1, 0.15) is 164 Å². The molecule has 1 aromatic carbocycles. The first kappa shape index (κ1) is 36.2. The van der Waals surface area contributed by atoms with Gasteiger partial charge in [-0.2, -0.15) is 0 Å². The van der Waals surface area contributed by atoms with Crippen molar-refractivity contribution in [3.8, 4) is 0 Å². The number of allylic oxidation sites excluding steroid dienone is 2. The number of fused-ring (bicyclic) bond motifs is 1. The SMILES string of the molecule is CC(C)C1=CCC(C(C)C)CC1.CC(C)C1CCC(C(C)C)CC1.CC(C)c1ccc2c(c1)CCC(C(C)(C)C)C2. The molecule has 0 aliphatic heterocycles. The molecule has 2 unspecified atom stereocenters. The fourth-order valence-electron chi connectivity index (χ4n) is 7.36. The van der Waals surface area contributed by atoms with Gasteiger partial charge in [-0.25, -0.2) is 0 Å². The normalized spacial score (nSPS) is 25.0. The highest BCUT2D eigenvalue weighted by molar-refractivity contribution is 5.35. The van der Waals surface area contributed by atoms with E-state index < -0.39 is 0 Å². The number of hydrogen-bond donors (Lipinski definition) is 0. The summed E-state index contributed by atoms with van der Waals surface area (Å²) in [6.07, 6.45) is 16.4. The summed E-state index contributed by atoms with van der Waals surface area (Å²) < 4.78 is 0. The molecule has 0 heterocycles. The van der Waals surface area contributed by atoms with E-state index in [4.69, 9.17) is 0 Å². The molecule has 0 saturated heterocycles. The molecule has 0 amide bonds. The predicted octanol–water partition coefficient (Wildman–Crippen LogP) is 13.1. The van der Waals surface area contributed by atoms with Crippen molar-refractivity contribution < 1.29 is 0 Å². The van der Waals surface area contributed by atoms with E-state index >= 15 is 0 Å². The van der Waals surface area contributed by atoms with Crippen molar-refractivity contribution in [1.29, 1.82) is 0 Å². The van der Waals surface area contributed by atoms with E-state index in [1.54, 1.807) is 16.7 Å². The fraction of sp³-hybridized carbons (Fsp3) is 0.805. The van der Waals surface area contributed by atoms with E-state index in [1.807, 2.05) is 0 Å². The van der Waals surface area contributed by atoms with Gasteiger partial charge in [0.05, 0.1) is 0 Å². The van der Waals surface area contributed by atoms with Gasteiger partial charge in [-0.15, -0.1) is 0 Å². The van der Waals surface area contributed by atoms with Gasteiger partial charge in [0.2, 0.25) is 0 Å². The summed E-state index contributed by atoms with van der Waals surface area (Å²) in [4.78, 5) is 0. The van der Waals surface area contributed by atoms with Crippen LogP contribution in [-0.2, 0) is 12.8 Å².